The highest BCUT2D eigenvalue weighted by Gasteiger charge is 2.09. The molecule has 1 unspecified atom stereocenters. The highest BCUT2D eigenvalue weighted by Crippen LogP contribution is 2.22. The summed E-state index contributed by atoms with van der Waals surface area (Å²) in [5.41, 5.74) is 2.67. The Morgan fingerprint density at radius 1 is 1.22 bits per heavy atom. The van der Waals surface area contributed by atoms with E-state index in [2.05, 4.69) is 5.32 Å². The van der Waals surface area contributed by atoms with Crippen molar-refractivity contribution in [2.75, 3.05) is 19.4 Å². The number of halogens is 1. The third-order valence-corrected chi connectivity index (χ3v) is 3.80. The molecule has 0 aliphatic heterocycles. The number of hydrogen-bond acceptors (Lipinski definition) is 2. The van der Waals surface area contributed by atoms with Gasteiger partial charge in [0.1, 0.15) is 0 Å². The lowest BCUT2D eigenvalue weighted by molar-refractivity contribution is 0.168. The van der Waals surface area contributed by atoms with Gasteiger partial charge >= 0.3 is 6.03 Å². The second kappa shape index (κ2) is 7.99. The van der Waals surface area contributed by atoms with Crippen LogP contribution >= 0.6 is 11.6 Å². The Labute approximate surface area is 141 Å². The fraction of sp³-hybridized carbons (Fsp3) is 0.278. The highest BCUT2D eigenvalue weighted by molar-refractivity contribution is 6.30. The molecule has 2 N–H and O–H groups in total. The van der Waals surface area contributed by atoms with Crippen LogP contribution in [0.4, 0.5) is 10.5 Å². The summed E-state index contributed by atoms with van der Waals surface area (Å²) in [6, 6.07) is 14.7. The standard InChI is InChI=1S/C18H21ClN2O2/c1-21(2)18(23)20-16-5-3-4-13(12-16)6-11-17(22)14-7-9-15(19)10-8-14/h3-5,7-10,12,17,22H,6,11H2,1-2H3,(H,20,23). The van der Waals surface area contributed by atoms with Crippen LogP contribution in [-0.2, 0) is 6.42 Å². The maximum absolute atomic E-state index is 11.7. The first-order chi connectivity index (χ1) is 11.0. The second-order valence-electron chi connectivity index (χ2n) is 5.63. The van der Waals surface area contributed by atoms with E-state index in [-0.39, 0.29) is 6.03 Å². The van der Waals surface area contributed by atoms with Crippen molar-refractivity contribution in [1.82, 2.24) is 4.90 Å². The lowest BCUT2D eigenvalue weighted by Gasteiger charge is -2.14. The molecule has 23 heavy (non-hydrogen) atoms. The van der Waals surface area contributed by atoms with Crippen molar-refractivity contribution in [2.24, 2.45) is 0 Å². The zero-order valence-corrected chi connectivity index (χ0v) is 14.0. The quantitative estimate of drug-likeness (QED) is 0.866. The first kappa shape index (κ1) is 17.3. The molecule has 0 aliphatic carbocycles. The van der Waals surface area contributed by atoms with Crippen molar-refractivity contribution in [3.05, 3.63) is 64.7 Å². The maximum Gasteiger partial charge on any atom is 0.321 e. The Bertz CT molecular complexity index is 656. The van der Waals surface area contributed by atoms with Crippen LogP contribution in [0, 0.1) is 0 Å². The number of urea groups is 1. The van der Waals surface area contributed by atoms with E-state index in [1.54, 1.807) is 26.2 Å². The van der Waals surface area contributed by atoms with Gasteiger partial charge in [0.05, 0.1) is 6.10 Å². The average molecular weight is 333 g/mol. The van der Waals surface area contributed by atoms with Gasteiger partial charge in [-0.2, -0.15) is 0 Å². The molecule has 0 fully saturated rings. The summed E-state index contributed by atoms with van der Waals surface area (Å²) in [5, 5.41) is 13.7. The predicted molar refractivity (Wildman–Crippen MR) is 93.9 cm³/mol. The zero-order valence-electron chi connectivity index (χ0n) is 13.3. The molecule has 5 heteroatoms. The van der Waals surface area contributed by atoms with E-state index in [0.717, 1.165) is 23.2 Å². The number of nitrogens with zero attached hydrogens (tertiary/aromatic N) is 1. The smallest absolute Gasteiger partial charge is 0.321 e. The van der Waals surface area contributed by atoms with E-state index in [0.29, 0.717) is 11.4 Å². The van der Waals surface area contributed by atoms with Gasteiger partial charge in [0.25, 0.3) is 0 Å². The van der Waals surface area contributed by atoms with Gasteiger partial charge in [-0.15, -0.1) is 0 Å². The summed E-state index contributed by atoms with van der Waals surface area (Å²) in [5.74, 6) is 0. The largest absolute Gasteiger partial charge is 0.388 e. The number of carbonyl (C=O) groups excluding carboxylic acids is 1. The number of anilines is 1. The lowest BCUT2D eigenvalue weighted by atomic mass is 10.0. The third-order valence-electron chi connectivity index (χ3n) is 3.55. The third kappa shape index (κ3) is 5.27. The summed E-state index contributed by atoms with van der Waals surface area (Å²) < 4.78 is 0. The molecule has 0 heterocycles. The van der Waals surface area contributed by atoms with E-state index in [9.17, 15) is 9.90 Å². The number of benzene rings is 2. The molecule has 1 atom stereocenters. The van der Waals surface area contributed by atoms with E-state index in [4.69, 9.17) is 11.6 Å². The molecule has 0 radical (unpaired) electrons. The molecule has 2 aromatic carbocycles. The molecule has 2 amide bonds. The zero-order chi connectivity index (χ0) is 16.8. The molecule has 0 spiro atoms. The summed E-state index contributed by atoms with van der Waals surface area (Å²) in [6.07, 6.45) is 0.787. The molecule has 2 aromatic rings. The number of aliphatic hydroxyl groups excluding tert-OH is 1. The first-order valence-corrected chi connectivity index (χ1v) is 7.84. The van der Waals surface area contributed by atoms with Crippen LogP contribution < -0.4 is 5.32 Å². The summed E-state index contributed by atoms with van der Waals surface area (Å²) >= 11 is 5.85. The minimum absolute atomic E-state index is 0.164. The fourth-order valence-electron chi connectivity index (χ4n) is 2.19. The van der Waals surface area contributed by atoms with Crippen LogP contribution in [0.3, 0.4) is 0 Å². The van der Waals surface area contributed by atoms with Crippen molar-refractivity contribution in [3.63, 3.8) is 0 Å². The average Bonchev–Trinajstić information content (AvgIpc) is 2.53. The molecule has 122 valence electrons. The number of rotatable bonds is 5. The van der Waals surface area contributed by atoms with Crippen LogP contribution in [-0.4, -0.2) is 30.1 Å². The van der Waals surface area contributed by atoms with Crippen LogP contribution in [0.5, 0.6) is 0 Å². The molecule has 0 saturated heterocycles. The van der Waals surface area contributed by atoms with Gasteiger partial charge in [-0.1, -0.05) is 35.9 Å². The molecule has 0 aliphatic rings. The van der Waals surface area contributed by atoms with Gasteiger partial charge in [0.2, 0.25) is 0 Å². The molecule has 0 bridgehead atoms. The van der Waals surface area contributed by atoms with Crippen molar-refractivity contribution >= 4 is 23.3 Å². The number of amides is 2. The number of nitrogens with one attached hydrogen (secondary N) is 1. The molecule has 4 nitrogen and oxygen atoms in total. The molecular formula is C18H21ClN2O2. The Morgan fingerprint density at radius 3 is 2.57 bits per heavy atom. The van der Waals surface area contributed by atoms with Crippen LogP contribution in [0.15, 0.2) is 48.5 Å². The van der Waals surface area contributed by atoms with Crippen LogP contribution in [0.2, 0.25) is 5.02 Å². The van der Waals surface area contributed by atoms with E-state index in [1.807, 2.05) is 36.4 Å². The van der Waals surface area contributed by atoms with E-state index < -0.39 is 6.10 Å². The van der Waals surface area contributed by atoms with Gasteiger partial charge < -0.3 is 15.3 Å². The minimum Gasteiger partial charge on any atom is -0.388 e. The summed E-state index contributed by atoms with van der Waals surface area (Å²) in [7, 11) is 3.39. The number of hydrogen-bond donors (Lipinski definition) is 2. The van der Waals surface area contributed by atoms with Gasteiger partial charge in [0.15, 0.2) is 0 Å². The normalized spacial score (nSPS) is 11.8. The van der Waals surface area contributed by atoms with Crippen molar-refractivity contribution in [2.45, 2.75) is 18.9 Å². The Kier molecular flexibility index (Phi) is 6.02. The van der Waals surface area contributed by atoms with E-state index in [1.165, 1.54) is 4.90 Å². The Balaban J connectivity index is 1.95. The van der Waals surface area contributed by atoms with Crippen molar-refractivity contribution in [3.8, 4) is 0 Å². The second-order valence-corrected chi connectivity index (χ2v) is 6.07. The Morgan fingerprint density at radius 2 is 1.91 bits per heavy atom. The topological polar surface area (TPSA) is 52.6 Å². The summed E-state index contributed by atoms with van der Waals surface area (Å²) in [6.45, 7) is 0. The van der Waals surface area contributed by atoms with Crippen molar-refractivity contribution in [1.29, 1.82) is 0 Å². The first-order valence-electron chi connectivity index (χ1n) is 7.46. The van der Waals surface area contributed by atoms with Crippen LogP contribution in [0.1, 0.15) is 23.7 Å². The van der Waals surface area contributed by atoms with Crippen LogP contribution in [0.25, 0.3) is 0 Å². The maximum atomic E-state index is 11.7. The monoisotopic (exact) mass is 332 g/mol. The van der Waals surface area contributed by atoms with Crippen molar-refractivity contribution < 1.29 is 9.90 Å². The van der Waals surface area contributed by atoms with Gasteiger partial charge in [-0.25, -0.2) is 4.79 Å². The number of aliphatic hydroxyl groups is 1. The van der Waals surface area contributed by atoms with Gasteiger partial charge in [0, 0.05) is 24.8 Å². The van der Waals surface area contributed by atoms with E-state index >= 15 is 0 Å². The number of aryl methyl sites for hydroxylation is 1. The molecule has 0 saturated carbocycles. The fourth-order valence-corrected chi connectivity index (χ4v) is 2.32. The predicted octanol–water partition coefficient (Wildman–Crippen LogP) is 4.10. The lowest BCUT2D eigenvalue weighted by Crippen LogP contribution is -2.27. The SMILES string of the molecule is CN(C)C(=O)Nc1cccc(CCC(O)c2ccc(Cl)cc2)c1. The van der Waals surface area contributed by atoms with Gasteiger partial charge in [-0.3, -0.25) is 0 Å². The highest BCUT2D eigenvalue weighted by atomic mass is 35.5. The summed E-state index contributed by atoms with van der Waals surface area (Å²) in [4.78, 5) is 13.1. The number of carbonyl (C=O) groups is 1. The minimum atomic E-state index is -0.535. The molecular weight excluding hydrogens is 312 g/mol. The molecule has 0 aromatic heterocycles. The Hall–Kier alpha value is -2.04. The van der Waals surface area contributed by atoms with Gasteiger partial charge in [-0.05, 0) is 48.2 Å². The molecule has 2 rings (SSSR count).